The van der Waals surface area contributed by atoms with Crippen LogP contribution < -0.4 is 4.74 Å². The summed E-state index contributed by atoms with van der Waals surface area (Å²) >= 11 is 0. The Balaban J connectivity index is 2.62. The highest BCUT2D eigenvalue weighted by atomic mass is 16.5. The van der Waals surface area contributed by atoms with Gasteiger partial charge in [-0.25, -0.2) is 0 Å². The zero-order chi connectivity index (χ0) is 12.2. The Morgan fingerprint density at radius 1 is 1.50 bits per heavy atom. The topological polar surface area (TPSA) is 70.3 Å². The van der Waals surface area contributed by atoms with Gasteiger partial charge in [0.05, 0.1) is 11.6 Å². The maximum atomic E-state index is 11.0. The van der Waals surface area contributed by atoms with Crippen LogP contribution in [0.3, 0.4) is 0 Å². The van der Waals surface area contributed by atoms with Crippen LogP contribution >= 0.6 is 0 Å². The maximum absolute atomic E-state index is 11.0. The van der Waals surface area contributed by atoms with Gasteiger partial charge in [0.15, 0.2) is 11.4 Å². The lowest BCUT2D eigenvalue weighted by Crippen LogP contribution is -2.39. The lowest BCUT2D eigenvalue weighted by molar-refractivity contribution is -0.136. The van der Waals surface area contributed by atoms with Crippen molar-refractivity contribution in [2.75, 3.05) is 6.61 Å². The minimum absolute atomic E-state index is 0.103. The summed E-state index contributed by atoms with van der Waals surface area (Å²) < 4.78 is 5.25. The maximum Gasteiger partial charge on any atom is 0.164 e. The normalized spacial score (nSPS) is 13.6. The molecule has 0 aromatic heterocycles. The number of carbonyl (C=O) groups excluding carboxylic acids is 1. The van der Waals surface area contributed by atoms with Gasteiger partial charge in [0.2, 0.25) is 0 Å². The molecule has 1 rings (SSSR count). The zero-order valence-electron chi connectivity index (χ0n) is 9.23. The Labute approximate surface area is 94.1 Å². The Hall–Kier alpha value is -1.86. The van der Waals surface area contributed by atoms with Gasteiger partial charge in [-0.05, 0) is 38.1 Å². The predicted octanol–water partition coefficient (Wildman–Crippen LogP) is 1.28. The molecule has 4 nitrogen and oxygen atoms in total. The molecule has 0 fully saturated rings. The van der Waals surface area contributed by atoms with Crippen molar-refractivity contribution in [2.24, 2.45) is 0 Å². The molecule has 16 heavy (non-hydrogen) atoms. The van der Waals surface area contributed by atoms with Gasteiger partial charge in [0.25, 0.3) is 0 Å². The summed E-state index contributed by atoms with van der Waals surface area (Å²) in [5.74, 6) is 0.168. The number of hydrogen-bond donors (Lipinski definition) is 1. The number of Topliss-reactive ketones (excluding diaryl/α,β-unsaturated/α-hetero) is 1. The van der Waals surface area contributed by atoms with E-state index in [-0.39, 0.29) is 12.4 Å². The van der Waals surface area contributed by atoms with Gasteiger partial charge in [-0.2, -0.15) is 5.26 Å². The molecule has 1 atom stereocenters. The molecule has 84 valence electrons. The first-order chi connectivity index (χ1) is 7.45. The number of ketones is 1. The molecule has 0 unspecified atom stereocenters. The number of aliphatic hydroxyl groups is 1. The molecule has 4 heteroatoms. The van der Waals surface area contributed by atoms with Crippen molar-refractivity contribution in [2.45, 2.75) is 19.4 Å². The van der Waals surface area contributed by atoms with E-state index in [4.69, 9.17) is 10.00 Å². The molecule has 0 radical (unpaired) electrons. The highest BCUT2D eigenvalue weighted by Crippen LogP contribution is 2.14. The largest absolute Gasteiger partial charge is 0.490 e. The third kappa shape index (κ3) is 3.07. The van der Waals surface area contributed by atoms with E-state index >= 15 is 0 Å². The summed E-state index contributed by atoms with van der Waals surface area (Å²) in [5, 5.41) is 18.2. The fourth-order valence-electron chi connectivity index (χ4n) is 0.951. The number of nitrogens with zero attached hydrogens (tertiary/aromatic N) is 1. The van der Waals surface area contributed by atoms with Crippen LogP contribution in [-0.2, 0) is 4.79 Å². The average Bonchev–Trinajstić information content (AvgIpc) is 2.27. The zero-order valence-corrected chi connectivity index (χ0v) is 9.23. The van der Waals surface area contributed by atoms with Gasteiger partial charge in [0.1, 0.15) is 12.4 Å². The molecule has 0 spiro atoms. The fourth-order valence-corrected chi connectivity index (χ4v) is 0.951. The Bertz CT molecular complexity index is 415. The number of rotatable bonds is 4. The van der Waals surface area contributed by atoms with Gasteiger partial charge < -0.3 is 9.84 Å². The van der Waals surface area contributed by atoms with Gasteiger partial charge >= 0.3 is 0 Å². The number of benzene rings is 1. The lowest BCUT2D eigenvalue weighted by atomic mass is 10.0. The van der Waals surface area contributed by atoms with Crippen molar-refractivity contribution in [3.8, 4) is 11.8 Å². The third-order valence-corrected chi connectivity index (χ3v) is 2.26. The first-order valence-electron chi connectivity index (χ1n) is 4.82. The van der Waals surface area contributed by atoms with E-state index in [0.717, 1.165) is 0 Å². The minimum atomic E-state index is -1.48. The molecule has 1 N–H and O–H groups in total. The summed E-state index contributed by atoms with van der Waals surface area (Å²) in [7, 11) is 0. The van der Waals surface area contributed by atoms with Crippen molar-refractivity contribution < 1.29 is 14.6 Å². The summed E-state index contributed by atoms with van der Waals surface area (Å²) in [5.41, 5.74) is -0.945. The van der Waals surface area contributed by atoms with Crippen molar-refractivity contribution in [3.63, 3.8) is 0 Å². The van der Waals surface area contributed by atoms with Crippen LogP contribution in [0.4, 0.5) is 0 Å². The van der Waals surface area contributed by atoms with Gasteiger partial charge in [-0.1, -0.05) is 0 Å². The van der Waals surface area contributed by atoms with E-state index in [2.05, 4.69) is 0 Å². The highest BCUT2D eigenvalue weighted by Gasteiger charge is 2.27. The van der Waals surface area contributed by atoms with Crippen LogP contribution in [0.1, 0.15) is 19.4 Å². The molecule has 0 aliphatic carbocycles. The van der Waals surface area contributed by atoms with Crippen molar-refractivity contribution in [3.05, 3.63) is 29.8 Å². The molecule has 1 aromatic rings. The smallest absolute Gasteiger partial charge is 0.164 e. The van der Waals surface area contributed by atoms with Crippen LogP contribution in [-0.4, -0.2) is 23.1 Å². The number of carbonyl (C=O) groups is 1. The van der Waals surface area contributed by atoms with Gasteiger partial charge in [0, 0.05) is 0 Å². The Kier molecular flexibility index (Phi) is 3.64. The molecule has 0 amide bonds. The number of nitriles is 1. The minimum Gasteiger partial charge on any atom is -0.490 e. The molecule has 0 bridgehead atoms. The molecule has 0 aliphatic rings. The Morgan fingerprint density at radius 2 is 2.06 bits per heavy atom. The third-order valence-electron chi connectivity index (χ3n) is 2.26. The molecule has 0 aliphatic heterocycles. The number of ether oxygens (including phenoxy) is 1. The predicted molar refractivity (Wildman–Crippen MR) is 58.0 cm³/mol. The Morgan fingerprint density at radius 3 is 2.50 bits per heavy atom. The van der Waals surface area contributed by atoms with Crippen molar-refractivity contribution >= 4 is 5.78 Å². The summed E-state index contributed by atoms with van der Waals surface area (Å²) in [6.45, 7) is 2.61. The van der Waals surface area contributed by atoms with E-state index in [1.165, 1.54) is 13.8 Å². The molecule has 0 saturated carbocycles. The van der Waals surface area contributed by atoms with Crippen molar-refractivity contribution in [1.29, 1.82) is 5.26 Å². The molecular formula is C12H13NO3. The first kappa shape index (κ1) is 12.2. The molecule has 1 aromatic carbocycles. The lowest BCUT2D eigenvalue weighted by Gasteiger charge is -2.20. The SMILES string of the molecule is CC(=O)[C@@](C)(O)COc1ccc(C#N)cc1. The van der Waals surface area contributed by atoms with Crippen LogP contribution in [0.2, 0.25) is 0 Å². The second kappa shape index (κ2) is 4.77. The van der Waals surface area contributed by atoms with E-state index in [1.54, 1.807) is 24.3 Å². The highest BCUT2D eigenvalue weighted by molar-refractivity contribution is 5.84. The van der Waals surface area contributed by atoms with E-state index in [9.17, 15) is 9.90 Å². The number of hydrogen-bond acceptors (Lipinski definition) is 4. The van der Waals surface area contributed by atoms with E-state index < -0.39 is 5.60 Å². The van der Waals surface area contributed by atoms with Gasteiger partial charge in [-0.3, -0.25) is 4.79 Å². The van der Waals surface area contributed by atoms with E-state index in [1.807, 2.05) is 6.07 Å². The summed E-state index contributed by atoms with van der Waals surface area (Å²) in [4.78, 5) is 11.0. The fraction of sp³-hybridized carbons (Fsp3) is 0.333. The summed E-state index contributed by atoms with van der Waals surface area (Å²) in [6, 6.07) is 8.44. The first-order valence-corrected chi connectivity index (χ1v) is 4.82. The van der Waals surface area contributed by atoms with Crippen LogP contribution in [0, 0.1) is 11.3 Å². The van der Waals surface area contributed by atoms with E-state index in [0.29, 0.717) is 11.3 Å². The average molecular weight is 219 g/mol. The van der Waals surface area contributed by atoms with Crippen LogP contribution in [0.5, 0.6) is 5.75 Å². The monoisotopic (exact) mass is 219 g/mol. The molecular weight excluding hydrogens is 206 g/mol. The standard InChI is InChI=1S/C12H13NO3/c1-9(14)12(2,15)8-16-11-5-3-10(7-13)4-6-11/h3-6,15H,8H2,1-2H3/t12-/m0/s1. The summed E-state index contributed by atoms with van der Waals surface area (Å²) in [6.07, 6.45) is 0. The second-order valence-corrected chi connectivity index (χ2v) is 3.75. The van der Waals surface area contributed by atoms with Crippen molar-refractivity contribution in [1.82, 2.24) is 0 Å². The molecule has 0 heterocycles. The molecule has 0 saturated heterocycles. The second-order valence-electron chi connectivity index (χ2n) is 3.75. The van der Waals surface area contributed by atoms with Crippen LogP contribution in [0.25, 0.3) is 0 Å². The van der Waals surface area contributed by atoms with Gasteiger partial charge in [-0.15, -0.1) is 0 Å². The van der Waals surface area contributed by atoms with Crippen LogP contribution in [0.15, 0.2) is 24.3 Å². The quantitative estimate of drug-likeness (QED) is 0.828.